The minimum absolute atomic E-state index is 0.122. The molecule has 4 heteroatoms. The molecule has 1 nitrogen and oxygen atoms in total. The average molecular weight is 245 g/mol. The molecule has 0 aliphatic heterocycles. The average Bonchev–Trinajstić information content (AvgIpc) is 2.28. The molecule has 0 spiro atoms. The Morgan fingerprint density at radius 3 is 2.18 bits per heavy atom. The Morgan fingerprint density at radius 2 is 1.71 bits per heavy atom. The Labute approximate surface area is 99.8 Å². The lowest BCUT2D eigenvalue weighted by Gasteiger charge is -2.16. The molecule has 0 saturated carbocycles. The van der Waals surface area contributed by atoms with Crippen LogP contribution in [0.25, 0.3) is 0 Å². The summed E-state index contributed by atoms with van der Waals surface area (Å²) in [5, 5.41) is 0. The molecule has 0 amide bonds. The van der Waals surface area contributed by atoms with Gasteiger partial charge in [0.15, 0.2) is 0 Å². The van der Waals surface area contributed by atoms with Gasteiger partial charge in [-0.2, -0.15) is 13.2 Å². The van der Waals surface area contributed by atoms with E-state index in [0.29, 0.717) is 0 Å². The van der Waals surface area contributed by atoms with Crippen molar-refractivity contribution in [2.45, 2.75) is 44.8 Å². The smallest absolute Gasteiger partial charge is 0.316 e. The topological polar surface area (TPSA) is 26.0 Å². The van der Waals surface area contributed by atoms with Crippen LogP contribution in [0.15, 0.2) is 24.3 Å². The summed E-state index contributed by atoms with van der Waals surface area (Å²) < 4.78 is 37.1. The van der Waals surface area contributed by atoms with Crippen molar-refractivity contribution in [3.05, 3.63) is 35.4 Å². The maximum absolute atomic E-state index is 12.4. The van der Waals surface area contributed by atoms with E-state index in [1.165, 1.54) is 12.1 Å². The molecule has 0 heterocycles. The zero-order valence-corrected chi connectivity index (χ0v) is 9.93. The normalized spacial score (nSPS) is 13.7. The van der Waals surface area contributed by atoms with Gasteiger partial charge >= 0.3 is 6.18 Å². The second kappa shape index (κ2) is 6.05. The zero-order chi connectivity index (χ0) is 12.9. The van der Waals surface area contributed by atoms with Gasteiger partial charge in [-0.25, -0.2) is 0 Å². The Kier molecular flexibility index (Phi) is 5.00. The highest BCUT2D eigenvalue weighted by Crippen LogP contribution is 2.30. The standard InChI is InChI=1S/C13H18F3N/c1-2-3-4-5-10-6-8-11(9-7-10)12(17)13(14,15)16/h6-9,12H,2-5,17H2,1H3/t12-/m0/s1. The summed E-state index contributed by atoms with van der Waals surface area (Å²) in [5.74, 6) is 0. The third kappa shape index (κ3) is 4.38. The molecule has 0 saturated heterocycles. The summed E-state index contributed by atoms with van der Waals surface area (Å²) in [7, 11) is 0. The minimum atomic E-state index is -4.37. The Hall–Kier alpha value is -1.03. The predicted octanol–water partition coefficient (Wildman–Crippen LogP) is 3.98. The first-order chi connectivity index (χ1) is 7.95. The quantitative estimate of drug-likeness (QED) is 0.780. The molecule has 0 radical (unpaired) electrons. The van der Waals surface area contributed by atoms with E-state index < -0.39 is 12.2 Å². The number of unbranched alkanes of at least 4 members (excludes halogenated alkanes) is 2. The first-order valence-electron chi connectivity index (χ1n) is 5.86. The van der Waals surface area contributed by atoms with E-state index in [1.54, 1.807) is 12.1 Å². The fraction of sp³-hybridized carbons (Fsp3) is 0.538. The number of rotatable bonds is 5. The van der Waals surface area contributed by atoms with Crippen molar-refractivity contribution in [2.75, 3.05) is 0 Å². The lowest BCUT2D eigenvalue weighted by molar-refractivity contribution is -0.149. The highest BCUT2D eigenvalue weighted by atomic mass is 19.4. The summed E-state index contributed by atoms with van der Waals surface area (Å²) in [6.07, 6.45) is -0.110. The Bertz CT molecular complexity index is 330. The maximum atomic E-state index is 12.4. The Morgan fingerprint density at radius 1 is 1.12 bits per heavy atom. The van der Waals surface area contributed by atoms with Crippen LogP contribution in [0.1, 0.15) is 43.4 Å². The molecule has 0 aliphatic carbocycles. The molecule has 0 aromatic heterocycles. The first kappa shape index (κ1) is 14.0. The Balaban J connectivity index is 2.61. The number of hydrogen-bond donors (Lipinski definition) is 1. The molecule has 17 heavy (non-hydrogen) atoms. The van der Waals surface area contributed by atoms with Crippen molar-refractivity contribution in [3.63, 3.8) is 0 Å². The third-order valence-electron chi connectivity index (χ3n) is 2.76. The van der Waals surface area contributed by atoms with Crippen molar-refractivity contribution in [3.8, 4) is 0 Å². The van der Waals surface area contributed by atoms with Crippen LogP contribution in [0.4, 0.5) is 13.2 Å². The fourth-order valence-electron chi connectivity index (χ4n) is 1.66. The van der Waals surface area contributed by atoms with Gasteiger partial charge in [-0.1, -0.05) is 44.0 Å². The fourth-order valence-corrected chi connectivity index (χ4v) is 1.66. The van der Waals surface area contributed by atoms with E-state index in [1.807, 2.05) is 0 Å². The predicted molar refractivity (Wildman–Crippen MR) is 62.7 cm³/mol. The van der Waals surface area contributed by atoms with Gasteiger partial charge in [0.2, 0.25) is 0 Å². The van der Waals surface area contributed by atoms with Crippen LogP contribution in [-0.2, 0) is 6.42 Å². The van der Waals surface area contributed by atoms with Crippen molar-refractivity contribution in [1.82, 2.24) is 0 Å². The molecule has 1 aromatic carbocycles. The molecule has 96 valence electrons. The lowest BCUT2D eigenvalue weighted by Crippen LogP contribution is -2.28. The summed E-state index contributed by atoms with van der Waals surface area (Å²) in [5.41, 5.74) is 6.31. The van der Waals surface area contributed by atoms with Crippen LogP contribution < -0.4 is 5.73 Å². The summed E-state index contributed by atoms with van der Waals surface area (Å²) in [6, 6.07) is 4.53. The second-order valence-electron chi connectivity index (χ2n) is 4.22. The van der Waals surface area contributed by atoms with E-state index in [0.717, 1.165) is 31.2 Å². The number of hydrogen-bond acceptors (Lipinski definition) is 1. The largest absolute Gasteiger partial charge is 0.407 e. The van der Waals surface area contributed by atoms with Crippen LogP contribution in [0.5, 0.6) is 0 Å². The van der Waals surface area contributed by atoms with Crippen LogP contribution in [0.3, 0.4) is 0 Å². The van der Waals surface area contributed by atoms with E-state index in [9.17, 15) is 13.2 Å². The number of aryl methyl sites for hydroxylation is 1. The molecule has 0 aliphatic rings. The molecule has 0 bridgehead atoms. The second-order valence-corrected chi connectivity index (χ2v) is 4.22. The molecule has 1 aromatic rings. The van der Waals surface area contributed by atoms with Crippen molar-refractivity contribution < 1.29 is 13.2 Å². The maximum Gasteiger partial charge on any atom is 0.407 e. The molecular weight excluding hydrogens is 227 g/mol. The highest BCUT2D eigenvalue weighted by Gasteiger charge is 2.37. The van der Waals surface area contributed by atoms with Gasteiger partial charge in [0.05, 0.1) is 0 Å². The summed E-state index contributed by atoms with van der Waals surface area (Å²) >= 11 is 0. The van der Waals surface area contributed by atoms with Crippen molar-refractivity contribution in [1.29, 1.82) is 0 Å². The SMILES string of the molecule is CCCCCc1ccc([C@H](N)C(F)(F)F)cc1. The van der Waals surface area contributed by atoms with E-state index in [2.05, 4.69) is 6.92 Å². The molecule has 0 unspecified atom stereocenters. The molecular formula is C13H18F3N. The van der Waals surface area contributed by atoms with Crippen LogP contribution >= 0.6 is 0 Å². The number of nitrogens with two attached hydrogens (primary N) is 1. The number of benzene rings is 1. The summed E-state index contributed by atoms with van der Waals surface area (Å²) in [4.78, 5) is 0. The van der Waals surface area contributed by atoms with Gasteiger partial charge in [-0.05, 0) is 24.0 Å². The molecule has 2 N–H and O–H groups in total. The lowest BCUT2D eigenvalue weighted by atomic mass is 10.0. The van der Waals surface area contributed by atoms with Gasteiger partial charge in [0.25, 0.3) is 0 Å². The molecule has 1 atom stereocenters. The zero-order valence-electron chi connectivity index (χ0n) is 9.93. The monoisotopic (exact) mass is 245 g/mol. The van der Waals surface area contributed by atoms with Gasteiger partial charge in [-0.15, -0.1) is 0 Å². The van der Waals surface area contributed by atoms with Crippen LogP contribution in [0, 0.1) is 0 Å². The first-order valence-corrected chi connectivity index (χ1v) is 5.86. The van der Waals surface area contributed by atoms with Gasteiger partial charge in [0, 0.05) is 0 Å². The van der Waals surface area contributed by atoms with E-state index >= 15 is 0 Å². The van der Waals surface area contributed by atoms with Gasteiger partial charge < -0.3 is 5.73 Å². The molecule has 0 fully saturated rings. The number of alkyl halides is 3. The minimum Gasteiger partial charge on any atom is -0.316 e. The van der Waals surface area contributed by atoms with Gasteiger partial charge in [-0.3, -0.25) is 0 Å². The summed E-state index contributed by atoms with van der Waals surface area (Å²) in [6.45, 7) is 2.12. The van der Waals surface area contributed by atoms with Crippen molar-refractivity contribution >= 4 is 0 Å². The number of halogens is 3. The van der Waals surface area contributed by atoms with E-state index in [-0.39, 0.29) is 5.56 Å². The van der Waals surface area contributed by atoms with E-state index in [4.69, 9.17) is 5.73 Å². The third-order valence-corrected chi connectivity index (χ3v) is 2.76. The molecule has 1 rings (SSSR count). The van der Waals surface area contributed by atoms with Crippen molar-refractivity contribution in [2.24, 2.45) is 5.73 Å². The van der Waals surface area contributed by atoms with Crippen LogP contribution in [-0.4, -0.2) is 6.18 Å². The van der Waals surface area contributed by atoms with Crippen LogP contribution in [0.2, 0.25) is 0 Å². The highest BCUT2D eigenvalue weighted by molar-refractivity contribution is 5.25. The van der Waals surface area contributed by atoms with Gasteiger partial charge in [0.1, 0.15) is 6.04 Å².